The molecular formula is C23H29FIN7. The zero-order chi connectivity index (χ0) is 21.6. The van der Waals surface area contributed by atoms with E-state index in [4.69, 9.17) is 4.99 Å². The predicted molar refractivity (Wildman–Crippen MR) is 137 cm³/mol. The number of pyridine rings is 1. The average Bonchev–Trinajstić information content (AvgIpc) is 3.23. The van der Waals surface area contributed by atoms with Gasteiger partial charge < -0.3 is 15.1 Å². The molecule has 1 fully saturated rings. The van der Waals surface area contributed by atoms with Gasteiger partial charge in [-0.15, -0.1) is 24.0 Å². The summed E-state index contributed by atoms with van der Waals surface area (Å²) in [5.41, 5.74) is 2.11. The number of hydrogen-bond acceptors (Lipinski definition) is 4. The van der Waals surface area contributed by atoms with Crippen molar-refractivity contribution in [3.63, 3.8) is 0 Å². The van der Waals surface area contributed by atoms with Gasteiger partial charge >= 0.3 is 0 Å². The Bertz CT molecular complexity index is 1010. The predicted octanol–water partition coefficient (Wildman–Crippen LogP) is 3.62. The number of guanidine groups is 1. The third-order valence-electron chi connectivity index (χ3n) is 5.40. The standard InChI is InChI=1S/C23H28FN7.HI/c1-3-25-23(30-14-12-29(13-15-30)21-7-5-20(24)6-8-21)28-17-19-4-9-22(27-16-19)31-11-10-26-18(31)2;/h4-11,16H,3,12-15,17H2,1-2H3,(H,25,28);1H. The van der Waals surface area contributed by atoms with Gasteiger partial charge in [0.2, 0.25) is 0 Å². The van der Waals surface area contributed by atoms with E-state index in [1.165, 1.54) is 12.1 Å². The van der Waals surface area contributed by atoms with Gasteiger partial charge in [0.25, 0.3) is 0 Å². The summed E-state index contributed by atoms with van der Waals surface area (Å²) >= 11 is 0. The number of rotatable bonds is 5. The molecule has 1 aromatic carbocycles. The highest BCUT2D eigenvalue weighted by Gasteiger charge is 2.19. The van der Waals surface area contributed by atoms with E-state index in [0.29, 0.717) is 6.54 Å². The lowest BCUT2D eigenvalue weighted by Crippen LogP contribution is -2.52. The van der Waals surface area contributed by atoms with Gasteiger partial charge in [0, 0.05) is 57.0 Å². The summed E-state index contributed by atoms with van der Waals surface area (Å²) in [5, 5.41) is 3.40. The topological polar surface area (TPSA) is 61.6 Å². The maximum atomic E-state index is 13.2. The molecule has 1 N–H and O–H groups in total. The number of anilines is 1. The molecule has 0 bridgehead atoms. The van der Waals surface area contributed by atoms with Crippen molar-refractivity contribution in [1.29, 1.82) is 0 Å². The minimum absolute atomic E-state index is 0. The van der Waals surface area contributed by atoms with E-state index < -0.39 is 0 Å². The van der Waals surface area contributed by atoms with E-state index in [-0.39, 0.29) is 29.8 Å². The van der Waals surface area contributed by atoms with Crippen LogP contribution in [0.4, 0.5) is 10.1 Å². The van der Waals surface area contributed by atoms with E-state index in [0.717, 1.165) is 61.6 Å². The normalized spacial score (nSPS) is 14.3. The average molecular weight is 549 g/mol. The number of piperazine rings is 1. The number of hydrogen-bond donors (Lipinski definition) is 1. The fourth-order valence-corrected chi connectivity index (χ4v) is 3.69. The summed E-state index contributed by atoms with van der Waals surface area (Å²) in [6, 6.07) is 10.8. The highest BCUT2D eigenvalue weighted by molar-refractivity contribution is 14.0. The highest BCUT2D eigenvalue weighted by atomic mass is 127. The van der Waals surface area contributed by atoms with Crippen molar-refractivity contribution in [3.8, 4) is 5.82 Å². The molecule has 1 aliphatic heterocycles. The first kappa shape index (κ1) is 24.0. The number of imidazole rings is 1. The second kappa shape index (κ2) is 11.3. The van der Waals surface area contributed by atoms with Crippen LogP contribution in [0.1, 0.15) is 18.3 Å². The third kappa shape index (κ3) is 5.76. The summed E-state index contributed by atoms with van der Waals surface area (Å²) in [7, 11) is 0. The van der Waals surface area contributed by atoms with Crippen LogP contribution in [0.3, 0.4) is 0 Å². The zero-order valence-corrected chi connectivity index (χ0v) is 20.7. The smallest absolute Gasteiger partial charge is 0.194 e. The minimum atomic E-state index is -0.202. The van der Waals surface area contributed by atoms with Gasteiger partial charge in [-0.2, -0.15) is 0 Å². The largest absolute Gasteiger partial charge is 0.368 e. The Morgan fingerprint density at radius 2 is 1.81 bits per heavy atom. The molecular weight excluding hydrogens is 520 g/mol. The lowest BCUT2D eigenvalue weighted by molar-refractivity contribution is 0.372. The molecule has 170 valence electrons. The van der Waals surface area contributed by atoms with Gasteiger partial charge in [0.05, 0.1) is 6.54 Å². The van der Waals surface area contributed by atoms with Crippen LogP contribution >= 0.6 is 24.0 Å². The molecule has 1 saturated heterocycles. The quantitative estimate of drug-likeness (QED) is 0.300. The molecule has 7 nitrogen and oxygen atoms in total. The molecule has 3 heterocycles. The van der Waals surface area contributed by atoms with Crippen LogP contribution in [0.15, 0.2) is 60.0 Å². The van der Waals surface area contributed by atoms with Crippen molar-refractivity contribution >= 4 is 35.6 Å². The summed E-state index contributed by atoms with van der Waals surface area (Å²) in [6.45, 7) is 8.88. The van der Waals surface area contributed by atoms with Crippen molar-refractivity contribution in [2.45, 2.75) is 20.4 Å². The van der Waals surface area contributed by atoms with Gasteiger partial charge in [-0.05, 0) is 49.7 Å². The first-order valence-corrected chi connectivity index (χ1v) is 10.6. The Labute approximate surface area is 205 Å². The summed E-state index contributed by atoms with van der Waals surface area (Å²) in [6.07, 6.45) is 5.55. The summed E-state index contributed by atoms with van der Waals surface area (Å²) < 4.78 is 15.1. The molecule has 0 atom stereocenters. The molecule has 0 aliphatic carbocycles. The van der Waals surface area contributed by atoms with Gasteiger partial charge in [-0.25, -0.2) is 19.4 Å². The maximum Gasteiger partial charge on any atom is 0.194 e. The number of nitrogens with one attached hydrogen (secondary N) is 1. The maximum absolute atomic E-state index is 13.2. The molecule has 1 aliphatic rings. The lowest BCUT2D eigenvalue weighted by atomic mass is 10.2. The van der Waals surface area contributed by atoms with Crippen LogP contribution in [0.2, 0.25) is 0 Å². The molecule has 0 unspecified atom stereocenters. The zero-order valence-electron chi connectivity index (χ0n) is 18.4. The van der Waals surface area contributed by atoms with Crippen LogP contribution in [0, 0.1) is 12.7 Å². The van der Waals surface area contributed by atoms with E-state index in [1.54, 1.807) is 6.20 Å². The van der Waals surface area contributed by atoms with Crippen molar-refractivity contribution < 1.29 is 4.39 Å². The van der Waals surface area contributed by atoms with Crippen molar-refractivity contribution in [2.75, 3.05) is 37.6 Å². The van der Waals surface area contributed by atoms with Crippen molar-refractivity contribution in [1.82, 2.24) is 24.8 Å². The van der Waals surface area contributed by atoms with Crippen LogP contribution in [0.5, 0.6) is 0 Å². The Morgan fingerprint density at radius 1 is 1.06 bits per heavy atom. The molecule has 3 aromatic rings. The fourth-order valence-electron chi connectivity index (χ4n) is 3.69. The summed E-state index contributed by atoms with van der Waals surface area (Å²) in [4.78, 5) is 18.2. The van der Waals surface area contributed by atoms with E-state index >= 15 is 0 Å². The lowest BCUT2D eigenvalue weighted by Gasteiger charge is -2.37. The van der Waals surface area contributed by atoms with Gasteiger partial charge in [0.1, 0.15) is 17.5 Å². The van der Waals surface area contributed by atoms with E-state index in [2.05, 4.69) is 38.1 Å². The van der Waals surface area contributed by atoms with Crippen molar-refractivity contribution in [2.24, 2.45) is 4.99 Å². The van der Waals surface area contributed by atoms with E-state index in [1.807, 2.05) is 42.1 Å². The number of nitrogens with zero attached hydrogens (tertiary/aromatic N) is 6. The second-order valence-electron chi connectivity index (χ2n) is 7.49. The van der Waals surface area contributed by atoms with Crippen LogP contribution < -0.4 is 10.2 Å². The monoisotopic (exact) mass is 549 g/mol. The SMILES string of the molecule is CCNC(=NCc1ccc(-n2ccnc2C)nc1)N1CCN(c2ccc(F)cc2)CC1.I. The first-order chi connectivity index (χ1) is 15.1. The number of aliphatic imine (C=N–C) groups is 1. The Balaban J connectivity index is 0.00000289. The minimum Gasteiger partial charge on any atom is -0.368 e. The molecule has 0 amide bonds. The third-order valence-corrected chi connectivity index (χ3v) is 5.40. The highest BCUT2D eigenvalue weighted by Crippen LogP contribution is 2.17. The first-order valence-electron chi connectivity index (χ1n) is 10.6. The van der Waals surface area contributed by atoms with Crippen LogP contribution in [-0.4, -0.2) is 58.1 Å². The van der Waals surface area contributed by atoms with Crippen molar-refractivity contribution in [3.05, 3.63) is 72.2 Å². The Kier molecular flexibility index (Phi) is 8.43. The Hall–Kier alpha value is -2.69. The molecule has 9 heteroatoms. The molecule has 2 aromatic heterocycles. The molecule has 32 heavy (non-hydrogen) atoms. The van der Waals surface area contributed by atoms with Gasteiger partial charge in [-0.1, -0.05) is 6.07 Å². The summed E-state index contributed by atoms with van der Waals surface area (Å²) in [5.74, 6) is 2.47. The molecule has 0 spiro atoms. The number of benzene rings is 1. The number of aryl methyl sites for hydroxylation is 1. The van der Waals surface area contributed by atoms with Gasteiger partial charge in [0.15, 0.2) is 5.96 Å². The molecule has 0 radical (unpaired) electrons. The van der Waals surface area contributed by atoms with Crippen LogP contribution in [-0.2, 0) is 6.54 Å². The second-order valence-corrected chi connectivity index (χ2v) is 7.49. The molecule has 0 saturated carbocycles. The van der Waals surface area contributed by atoms with E-state index in [9.17, 15) is 4.39 Å². The number of halogens is 2. The molecule has 4 rings (SSSR count). The number of aromatic nitrogens is 3. The Morgan fingerprint density at radius 3 is 2.41 bits per heavy atom. The van der Waals surface area contributed by atoms with Gasteiger partial charge in [-0.3, -0.25) is 4.57 Å². The van der Waals surface area contributed by atoms with Crippen LogP contribution in [0.25, 0.3) is 5.82 Å². The fraction of sp³-hybridized carbons (Fsp3) is 0.348.